The molecule has 0 spiro atoms. The van der Waals surface area contributed by atoms with Gasteiger partial charge in [-0.15, -0.1) is 0 Å². The molecular weight excluding hydrogens is 349 g/mol. The van der Waals surface area contributed by atoms with Crippen molar-refractivity contribution in [2.24, 2.45) is 4.99 Å². The second-order valence-electron chi connectivity index (χ2n) is 6.54. The fraction of sp³-hybridized carbons (Fsp3) is 0.333. The van der Waals surface area contributed by atoms with Crippen molar-refractivity contribution in [1.29, 1.82) is 0 Å². The Hall–Kier alpha value is -1.86. The van der Waals surface area contributed by atoms with Gasteiger partial charge < -0.3 is 4.55 Å². The van der Waals surface area contributed by atoms with Crippen LogP contribution in [-0.2, 0) is 11.2 Å². The first-order valence-electron chi connectivity index (χ1n) is 7.72. The molecule has 1 aliphatic rings. The zero-order chi connectivity index (χ0) is 18.4. The zero-order valence-corrected chi connectivity index (χ0v) is 14.8. The van der Waals surface area contributed by atoms with E-state index >= 15 is 0 Å². The molecule has 1 aromatic carbocycles. The highest BCUT2D eigenvalue weighted by molar-refractivity contribution is 7.93. The summed E-state index contributed by atoms with van der Waals surface area (Å²) in [5, 5.41) is 0. The maximum absolute atomic E-state index is 14.4. The van der Waals surface area contributed by atoms with Crippen molar-refractivity contribution in [3.63, 3.8) is 0 Å². The van der Waals surface area contributed by atoms with Crippen molar-refractivity contribution in [3.8, 4) is 0 Å². The second kappa shape index (κ2) is 6.46. The number of pyridine rings is 1. The number of hydrogen-bond acceptors (Lipinski definition) is 3. The summed E-state index contributed by atoms with van der Waals surface area (Å²) in [4.78, 5) is 8.45. The minimum absolute atomic E-state index is 0.0966. The Morgan fingerprint density at radius 3 is 2.64 bits per heavy atom. The van der Waals surface area contributed by atoms with Crippen LogP contribution in [0.1, 0.15) is 42.7 Å². The average molecular weight is 366 g/mol. The lowest BCUT2D eigenvalue weighted by atomic mass is 10.0. The molecule has 0 N–H and O–H groups in total. The molecule has 7 heteroatoms. The van der Waals surface area contributed by atoms with E-state index in [0.717, 1.165) is 0 Å². The molecule has 1 atom stereocenters. The molecule has 25 heavy (non-hydrogen) atoms. The fourth-order valence-electron chi connectivity index (χ4n) is 2.76. The molecule has 132 valence electrons. The third-order valence-electron chi connectivity index (χ3n) is 4.13. The normalized spacial score (nSPS) is 19.4. The summed E-state index contributed by atoms with van der Waals surface area (Å²) in [6, 6.07) is 5.99. The van der Waals surface area contributed by atoms with Crippen molar-refractivity contribution < 1.29 is 17.7 Å². The van der Waals surface area contributed by atoms with E-state index in [1.165, 1.54) is 18.3 Å². The molecule has 0 fully saturated rings. The van der Waals surface area contributed by atoms with Crippen LogP contribution < -0.4 is 0 Å². The van der Waals surface area contributed by atoms with Gasteiger partial charge in [0.1, 0.15) is 10.4 Å². The van der Waals surface area contributed by atoms with E-state index in [0.29, 0.717) is 22.4 Å². The summed E-state index contributed by atoms with van der Waals surface area (Å²) in [5.74, 6) is -0.563. The predicted molar refractivity (Wildman–Crippen MR) is 91.3 cm³/mol. The van der Waals surface area contributed by atoms with Gasteiger partial charge in [-0.2, -0.15) is 0 Å². The Morgan fingerprint density at radius 2 is 2.00 bits per heavy atom. The van der Waals surface area contributed by atoms with E-state index < -0.39 is 28.2 Å². The molecular formula is C18H17F3N2OS. The second-order valence-corrected chi connectivity index (χ2v) is 8.59. The standard InChI is InChI=1S/C18H17F3N2OS/c1-10-7-11(8-22-14(10)17(20)21)15-12-5-4-6-13(19)16(12)25(24)18(2,3)9-23-15/h4-8,17H,9H2,1-3H3. The van der Waals surface area contributed by atoms with Gasteiger partial charge in [-0.05, 0) is 55.7 Å². The highest BCUT2D eigenvalue weighted by Gasteiger charge is 2.40. The van der Waals surface area contributed by atoms with Crippen molar-refractivity contribution in [1.82, 2.24) is 4.98 Å². The minimum atomic E-state index is -2.67. The molecule has 0 amide bonds. The van der Waals surface area contributed by atoms with E-state index in [2.05, 4.69) is 9.98 Å². The first-order chi connectivity index (χ1) is 11.7. The Balaban J connectivity index is 2.20. The highest BCUT2D eigenvalue weighted by atomic mass is 32.2. The van der Waals surface area contributed by atoms with Crippen LogP contribution in [0.15, 0.2) is 40.4 Å². The summed E-state index contributed by atoms with van der Waals surface area (Å²) in [6.45, 7) is 5.28. The van der Waals surface area contributed by atoms with Crippen LogP contribution >= 0.6 is 0 Å². The van der Waals surface area contributed by atoms with Crippen molar-refractivity contribution >= 4 is 16.9 Å². The summed E-state index contributed by atoms with van der Waals surface area (Å²) >= 11 is -1.60. The third-order valence-corrected chi connectivity index (χ3v) is 6.04. The van der Waals surface area contributed by atoms with E-state index in [4.69, 9.17) is 0 Å². The van der Waals surface area contributed by atoms with Gasteiger partial charge in [-0.25, -0.2) is 13.2 Å². The highest BCUT2D eigenvalue weighted by Crippen LogP contribution is 2.35. The van der Waals surface area contributed by atoms with Gasteiger partial charge in [0.15, 0.2) is 10.7 Å². The van der Waals surface area contributed by atoms with E-state index in [9.17, 15) is 17.7 Å². The molecule has 1 aromatic heterocycles. The van der Waals surface area contributed by atoms with Crippen molar-refractivity contribution in [3.05, 3.63) is 58.7 Å². The monoisotopic (exact) mass is 366 g/mol. The van der Waals surface area contributed by atoms with E-state index in [1.54, 1.807) is 32.9 Å². The van der Waals surface area contributed by atoms with Crippen LogP contribution in [0.25, 0.3) is 0 Å². The topological polar surface area (TPSA) is 48.3 Å². The lowest BCUT2D eigenvalue weighted by Gasteiger charge is -2.25. The number of rotatable bonds is 2. The number of nitrogens with zero attached hydrogens (tertiary/aromatic N) is 2. The maximum Gasteiger partial charge on any atom is 0.280 e. The molecule has 0 aliphatic carbocycles. The number of fused-ring (bicyclic) bond motifs is 1. The van der Waals surface area contributed by atoms with Crippen LogP contribution in [0, 0.1) is 12.7 Å². The first kappa shape index (κ1) is 17.9. The van der Waals surface area contributed by atoms with Crippen LogP contribution in [0.3, 0.4) is 0 Å². The largest absolute Gasteiger partial charge is 0.611 e. The summed E-state index contributed by atoms with van der Waals surface area (Å²) in [7, 11) is 0. The van der Waals surface area contributed by atoms with E-state index in [-0.39, 0.29) is 17.1 Å². The number of alkyl halides is 2. The summed E-state index contributed by atoms with van der Waals surface area (Å²) in [5.41, 5.74) is 1.38. The van der Waals surface area contributed by atoms with Crippen molar-refractivity contribution in [2.75, 3.05) is 6.54 Å². The molecule has 2 aromatic rings. The molecule has 0 saturated carbocycles. The quantitative estimate of drug-likeness (QED) is 0.748. The maximum atomic E-state index is 14.4. The van der Waals surface area contributed by atoms with Gasteiger partial charge >= 0.3 is 0 Å². The molecule has 1 unspecified atom stereocenters. The van der Waals surface area contributed by atoms with Gasteiger partial charge in [-0.3, -0.25) is 9.98 Å². The third kappa shape index (κ3) is 3.18. The smallest absolute Gasteiger partial charge is 0.280 e. The Labute approximate surface area is 147 Å². The number of halogens is 3. The minimum Gasteiger partial charge on any atom is -0.611 e. The van der Waals surface area contributed by atoms with Crippen LogP contribution in [-0.4, -0.2) is 26.5 Å². The first-order valence-corrected chi connectivity index (χ1v) is 8.87. The van der Waals surface area contributed by atoms with E-state index in [1.807, 2.05) is 0 Å². The van der Waals surface area contributed by atoms with Gasteiger partial charge in [-0.1, -0.05) is 6.07 Å². The summed E-state index contributed by atoms with van der Waals surface area (Å²) < 4.78 is 52.4. The SMILES string of the molecule is Cc1cc(C2=NCC(C)(C)[S+]([O-])c3c(F)cccc32)cnc1C(F)F. The number of hydrogen-bond donors (Lipinski definition) is 0. The Morgan fingerprint density at radius 1 is 1.28 bits per heavy atom. The fourth-order valence-corrected chi connectivity index (χ4v) is 4.11. The number of benzene rings is 1. The summed E-state index contributed by atoms with van der Waals surface area (Å²) in [6.07, 6.45) is -1.36. The Bertz CT molecular complexity index is 852. The predicted octanol–water partition coefficient (Wildman–Crippen LogP) is 4.20. The average Bonchev–Trinajstić information content (AvgIpc) is 2.63. The lowest BCUT2D eigenvalue weighted by molar-refractivity contribution is 0.145. The Kier molecular flexibility index (Phi) is 4.64. The van der Waals surface area contributed by atoms with Gasteiger partial charge in [0.2, 0.25) is 0 Å². The molecule has 0 radical (unpaired) electrons. The molecule has 1 aliphatic heterocycles. The molecule has 0 saturated heterocycles. The number of aliphatic imine (C=N–C) groups is 1. The van der Waals surface area contributed by atoms with Crippen LogP contribution in [0.2, 0.25) is 0 Å². The zero-order valence-electron chi connectivity index (χ0n) is 14.0. The molecule has 2 heterocycles. The van der Waals surface area contributed by atoms with Gasteiger partial charge in [0, 0.05) is 11.8 Å². The van der Waals surface area contributed by atoms with Crippen molar-refractivity contribution in [2.45, 2.75) is 36.8 Å². The number of aromatic nitrogens is 1. The molecule has 0 bridgehead atoms. The molecule has 3 rings (SSSR count). The van der Waals surface area contributed by atoms with Gasteiger partial charge in [0.05, 0.1) is 17.8 Å². The van der Waals surface area contributed by atoms with Gasteiger partial charge in [0.25, 0.3) is 6.43 Å². The lowest BCUT2D eigenvalue weighted by Crippen LogP contribution is -2.35. The number of aryl methyl sites for hydroxylation is 1. The van der Waals surface area contributed by atoms with Crippen LogP contribution in [0.5, 0.6) is 0 Å². The molecule has 3 nitrogen and oxygen atoms in total. The van der Waals surface area contributed by atoms with Crippen LogP contribution in [0.4, 0.5) is 13.2 Å².